The Labute approximate surface area is 110 Å². The molecule has 1 unspecified atom stereocenters. The first-order chi connectivity index (χ1) is 8.60. The molecule has 0 radical (unpaired) electrons. The van der Waals surface area contributed by atoms with E-state index in [0.29, 0.717) is 0 Å². The average Bonchev–Trinajstić information content (AvgIpc) is 2.33. The highest BCUT2D eigenvalue weighted by Crippen LogP contribution is 2.30. The Bertz CT molecular complexity index is 398. The summed E-state index contributed by atoms with van der Waals surface area (Å²) in [6, 6.07) is 0. The lowest BCUT2D eigenvalue weighted by Crippen LogP contribution is -2.70. The fourth-order valence-electron chi connectivity index (χ4n) is 1.77. The highest BCUT2D eigenvalue weighted by Gasteiger charge is 2.63. The van der Waals surface area contributed by atoms with Gasteiger partial charge in [0, 0.05) is 6.42 Å². The molecule has 7 heteroatoms. The van der Waals surface area contributed by atoms with E-state index in [0.717, 1.165) is 20.8 Å². The van der Waals surface area contributed by atoms with E-state index in [1.807, 2.05) is 0 Å². The molecule has 0 aromatic carbocycles. The summed E-state index contributed by atoms with van der Waals surface area (Å²) < 4.78 is 4.76. The Morgan fingerprint density at radius 2 is 1.42 bits per heavy atom. The van der Waals surface area contributed by atoms with E-state index < -0.39 is 41.1 Å². The van der Waals surface area contributed by atoms with Gasteiger partial charge in [0.2, 0.25) is 0 Å². The van der Waals surface area contributed by atoms with Crippen LogP contribution >= 0.6 is 0 Å². The van der Waals surface area contributed by atoms with Gasteiger partial charge in [-0.1, -0.05) is 6.92 Å². The predicted molar refractivity (Wildman–Crippen MR) is 63.2 cm³/mol. The topological polar surface area (TPSA) is 118 Å². The van der Waals surface area contributed by atoms with Crippen molar-refractivity contribution in [1.29, 1.82) is 0 Å². The molecule has 108 valence electrons. The fraction of sp³-hybridized carbons (Fsp3) is 0.667. The lowest BCUT2D eigenvalue weighted by Gasteiger charge is -2.39. The van der Waals surface area contributed by atoms with Crippen LogP contribution < -0.4 is 0 Å². The molecule has 0 saturated carbocycles. The van der Waals surface area contributed by atoms with Crippen molar-refractivity contribution in [2.75, 3.05) is 6.61 Å². The molecule has 0 heterocycles. The molecule has 2 N–H and O–H groups in total. The summed E-state index contributed by atoms with van der Waals surface area (Å²) in [5.74, 6) is -4.06. The van der Waals surface area contributed by atoms with Gasteiger partial charge in [-0.2, -0.15) is 0 Å². The highest BCUT2D eigenvalue weighted by molar-refractivity contribution is 6.16. The maximum atomic E-state index is 11.7. The third-order valence-electron chi connectivity index (χ3n) is 2.94. The van der Waals surface area contributed by atoms with Crippen LogP contribution in [0.5, 0.6) is 0 Å². The van der Waals surface area contributed by atoms with Gasteiger partial charge in [0.1, 0.15) is 0 Å². The van der Waals surface area contributed by atoms with Gasteiger partial charge < -0.3 is 14.9 Å². The maximum absolute atomic E-state index is 11.7. The summed E-state index contributed by atoms with van der Waals surface area (Å²) >= 11 is 0. The fourth-order valence-corrected chi connectivity index (χ4v) is 1.77. The van der Waals surface area contributed by atoms with Crippen LogP contribution in [-0.4, -0.2) is 51.3 Å². The van der Waals surface area contributed by atoms with Gasteiger partial charge in [-0.3, -0.25) is 19.2 Å². The van der Waals surface area contributed by atoms with Crippen molar-refractivity contribution in [2.45, 2.75) is 45.3 Å². The molecule has 0 bridgehead atoms. The van der Waals surface area contributed by atoms with Crippen LogP contribution in [0.15, 0.2) is 0 Å². The van der Waals surface area contributed by atoms with Crippen molar-refractivity contribution in [3.05, 3.63) is 0 Å². The van der Waals surface area contributed by atoms with Crippen molar-refractivity contribution in [3.8, 4) is 0 Å². The lowest BCUT2D eigenvalue weighted by molar-refractivity contribution is -0.206. The first-order valence-electron chi connectivity index (χ1n) is 5.68. The van der Waals surface area contributed by atoms with Crippen molar-refractivity contribution >= 4 is 23.3 Å². The minimum Gasteiger partial charge on any atom is -0.439 e. The average molecular weight is 274 g/mol. The number of ether oxygens (including phenoxy) is 1. The molecular weight excluding hydrogens is 256 g/mol. The second kappa shape index (κ2) is 6.03. The Kier molecular flexibility index (Phi) is 5.52. The zero-order valence-electron chi connectivity index (χ0n) is 11.3. The molecule has 0 aliphatic carbocycles. The summed E-state index contributed by atoms with van der Waals surface area (Å²) in [6.07, 6.45) is -0.165. The van der Waals surface area contributed by atoms with Crippen molar-refractivity contribution < 1.29 is 34.1 Å². The molecule has 0 rings (SSSR count). The monoisotopic (exact) mass is 274 g/mol. The van der Waals surface area contributed by atoms with Gasteiger partial charge in [0.05, 0.1) is 6.61 Å². The first kappa shape index (κ1) is 17.4. The van der Waals surface area contributed by atoms with Crippen LogP contribution in [0.4, 0.5) is 0 Å². The van der Waals surface area contributed by atoms with E-state index in [-0.39, 0.29) is 6.42 Å². The Balaban J connectivity index is 6.14. The van der Waals surface area contributed by atoms with E-state index in [4.69, 9.17) is 4.74 Å². The maximum Gasteiger partial charge on any atom is 0.307 e. The Morgan fingerprint density at radius 1 is 1.00 bits per heavy atom. The highest BCUT2D eigenvalue weighted by atomic mass is 16.6. The minimum atomic E-state index is -2.80. The predicted octanol–water partition coefficient (Wildman–Crippen LogP) is -0.831. The van der Waals surface area contributed by atoms with E-state index in [1.165, 1.54) is 6.92 Å². The first-order valence-corrected chi connectivity index (χ1v) is 5.68. The molecule has 0 aliphatic rings. The number of carbonyl (C=O) groups is 4. The van der Waals surface area contributed by atoms with E-state index in [2.05, 4.69) is 0 Å². The molecule has 0 saturated heterocycles. The summed E-state index contributed by atoms with van der Waals surface area (Å²) in [4.78, 5) is 46.4. The van der Waals surface area contributed by atoms with Gasteiger partial charge in [0.15, 0.2) is 23.0 Å². The summed E-state index contributed by atoms with van der Waals surface area (Å²) in [5, 5.41) is 19.4. The van der Waals surface area contributed by atoms with Crippen LogP contribution in [0.25, 0.3) is 0 Å². The molecule has 0 aliphatic heterocycles. The van der Waals surface area contributed by atoms with Crippen LogP contribution in [0.3, 0.4) is 0 Å². The standard InChI is InChI=1S/C12H18O7/c1-5-10(17)19-12(8(3)15,9(4)16)11(18,6-13)7(2)14/h13,18H,5-6H2,1-4H3. The molecule has 0 amide bonds. The number of carbonyl (C=O) groups excluding carboxylic acids is 4. The number of esters is 1. The van der Waals surface area contributed by atoms with E-state index in [9.17, 15) is 29.4 Å². The van der Waals surface area contributed by atoms with Gasteiger partial charge in [-0.25, -0.2) is 0 Å². The van der Waals surface area contributed by atoms with Gasteiger partial charge >= 0.3 is 5.97 Å². The summed E-state index contributed by atoms with van der Waals surface area (Å²) in [6.45, 7) is 2.87. The normalized spacial score (nSPS) is 14.4. The van der Waals surface area contributed by atoms with Crippen LogP contribution in [0.2, 0.25) is 0 Å². The molecule has 0 aromatic rings. The zero-order chi connectivity index (χ0) is 15.4. The zero-order valence-corrected chi connectivity index (χ0v) is 11.3. The van der Waals surface area contributed by atoms with Crippen molar-refractivity contribution in [2.24, 2.45) is 0 Å². The van der Waals surface area contributed by atoms with Gasteiger partial charge in [-0.15, -0.1) is 0 Å². The Morgan fingerprint density at radius 3 is 1.63 bits per heavy atom. The molecule has 0 fully saturated rings. The number of hydrogen-bond donors (Lipinski definition) is 2. The van der Waals surface area contributed by atoms with Crippen LogP contribution in [0.1, 0.15) is 34.1 Å². The smallest absolute Gasteiger partial charge is 0.307 e. The number of hydrogen-bond acceptors (Lipinski definition) is 7. The number of aliphatic hydroxyl groups excluding tert-OH is 1. The largest absolute Gasteiger partial charge is 0.439 e. The number of aliphatic hydroxyl groups is 2. The number of Topliss-reactive ketones (excluding diaryl/α,β-unsaturated/α-hetero) is 3. The molecule has 0 aromatic heterocycles. The second-order valence-electron chi connectivity index (χ2n) is 4.20. The number of ketones is 3. The molecule has 1 atom stereocenters. The second-order valence-corrected chi connectivity index (χ2v) is 4.20. The SMILES string of the molecule is CCC(=O)OC(C(C)=O)(C(C)=O)C(O)(CO)C(C)=O. The summed E-state index contributed by atoms with van der Waals surface area (Å²) in [7, 11) is 0. The van der Waals surface area contributed by atoms with Crippen molar-refractivity contribution in [3.63, 3.8) is 0 Å². The molecule has 19 heavy (non-hydrogen) atoms. The minimum absolute atomic E-state index is 0.165. The van der Waals surface area contributed by atoms with E-state index >= 15 is 0 Å². The molecular formula is C12H18O7. The van der Waals surface area contributed by atoms with E-state index in [1.54, 1.807) is 0 Å². The molecule has 0 spiro atoms. The Hall–Kier alpha value is -1.60. The quantitative estimate of drug-likeness (QED) is 0.459. The van der Waals surface area contributed by atoms with Gasteiger partial charge in [-0.05, 0) is 20.8 Å². The van der Waals surface area contributed by atoms with Crippen LogP contribution in [0, 0.1) is 0 Å². The molecule has 7 nitrogen and oxygen atoms in total. The third-order valence-corrected chi connectivity index (χ3v) is 2.94. The van der Waals surface area contributed by atoms with Gasteiger partial charge in [0.25, 0.3) is 5.60 Å². The lowest BCUT2D eigenvalue weighted by atomic mass is 9.75. The van der Waals surface area contributed by atoms with Crippen molar-refractivity contribution in [1.82, 2.24) is 0 Å². The summed E-state index contributed by atoms with van der Waals surface area (Å²) in [5.41, 5.74) is -5.52. The third kappa shape index (κ3) is 2.71. The van der Waals surface area contributed by atoms with Crippen LogP contribution in [-0.2, 0) is 23.9 Å². The number of rotatable bonds is 7.